The van der Waals surface area contributed by atoms with Gasteiger partial charge in [-0.15, -0.1) is 0 Å². The Kier molecular flexibility index (Phi) is 10.3. The Bertz CT molecular complexity index is 418. The molecule has 0 heterocycles. The Labute approximate surface area is 146 Å². The van der Waals surface area contributed by atoms with Crippen LogP contribution in [0.5, 0.6) is 0 Å². The van der Waals surface area contributed by atoms with Crippen LogP contribution in [0.3, 0.4) is 0 Å². The summed E-state index contributed by atoms with van der Waals surface area (Å²) in [6.07, 6.45) is 13.4. The van der Waals surface area contributed by atoms with Crippen molar-refractivity contribution >= 4 is 0 Å². The van der Waals surface area contributed by atoms with E-state index in [1.165, 1.54) is 69.8 Å². The molecule has 1 aromatic rings. The molecule has 0 N–H and O–H groups in total. The van der Waals surface area contributed by atoms with Crippen molar-refractivity contribution in [3.63, 3.8) is 0 Å². The van der Waals surface area contributed by atoms with Gasteiger partial charge in [0.15, 0.2) is 0 Å². The maximum Gasteiger partial charge on any atom is -0.0245 e. The van der Waals surface area contributed by atoms with Crippen molar-refractivity contribution in [2.75, 3.05) is 0 Å². The average molecular weight is 317 g/mol. The molecule has 0 saturated heterocycles. The SMILES string of the molecule is CCCCC(CC)Cc1cccc(C)c1CC(CC)CCCC. The second-order valence-electron chi connectivity index (χ2n) is 7.45. The van der Waals surface area contributed by atoms with Gasteiger partial charge in [-0.2, -0.15) is 0 Å². The molecule has 0 aliphatic carbocycles. The molecule has 132 valence electrons. The highest BCUT2D eigenvalue weighted by atomic mass is 14.2. The molecule has 0 fully saturated rings. The van der Waals surface area contributed by atoms with Gasteiger partial charge in [0.25, 0.3) is 0 Å². The monoisotopic (exact) mass is 316 g/mol. The maximum absolute atomic E-state index is 2.41. The molecule has 2 unspecified atom stereocenters. The highest BCUT2D eigenvalue weighted by molar-refractivity contribution is 5.35. The largest absolute Gasteiger partial charge is 0.0654 e. The quantitative estimate of drug-likeness (QED) is 0.374. The van der Waals surface area contributed by atoms with Gasteiger partial charge in [0.2, 0.25) is 0 Å². The molecule has 0 radical (unpaired) electrons. The van der Waals surface area contributed by atoms with Crippen LogP contribution in [0.2, 0.25) is 0 Å². The van der Waals surface area contributed by atoms with Crippen molar-refractivity contribution < 1.29 is 0 Å². The van der Waals surface area contributed by atoms with E-state index in [2.05, 4.69) is 52.8 Å². The van der Waals surface area contributed by atoms with Gasteiger partial charge in [0, 0.05) is 0 Å². The summed E-state index contributed by atoms with van der Waals surface area (Å²) in [4.78, 5) is 0. The van der Waals surface area contributed by atoms with E-state index in [-0.39, 0.29) is 0 Å². The van der Waals surface area contributed by atoms with Gasteiger partial charge < -0.3 is 0 Å². The lowest BCUT2D eigenvalue weighted by atomic mass is 9.84. The van der Waals surface area contributed by atoms with Crippen LogP contribution in [-0.2, 0) is 12.8 Å². The Morgan fingerprint density at radius 1 is 0.783 bits per heavy atom. The fourth-order valence-electron chi connectivity index (χ4n) is 3.73. The number of hydrogen-bond acceptors (Lipinski definition) is 0. The molecule has 0 amide bonds. The normalized spacial score (nSPS) is 14.0. The van der Waals surface area contributed by atoms with E-state index in [4.69, 9.17) is 0 Å². The lowest BCUT2D eigenvalue weighted by Gasteiger charge is -2.22. The first-order chi connectivity index (χ1) is 11.2. The molecule has 0 saturated carbocycles. The van der Waals surface area contributed by atoms with Crippen LogP contribution in [0.15, 0.2) is 18.2 Å². The third kappa shape index (κ3) is 7.10. The number of rotatable bonds is 12. The van der Waals surface area contributed by atoms with E-state index >= 15 is 0 Å². The third-order valence-electron chi connectivity index (χ3n) is 5.60. The highest BCUT2D eigenvalue weighted by Gasteiger charge is 2.15. The molecule has 0 aromatic heterocycles. The highest BCUT2D eigenvalue weighted by Crippen LogP contribution is 2.27. The predicted molar refractivity (Wildman–Crippen MR) is 105 cm³/mol. The van der Waals surface area contributed by atoms with Gasteiger partial charge in [-0.25, -0.2) is 0 Å². The van der Waals surface area contributed by atoms with Crippen LogP contribution in [0, 0.1) is 18.8 Å². The zero-order valence-electron chi connectivity index (χ0n) is 16.5. The molecular formula is C23H40. The third-order valence-corrected chi connectivity index (χ3v) is 5.60. The summed E-state index contributed by atoms with van der Waals surface area (Å²) >= 11 is 0. The number of unbranched alkanes of at least 4 members (excludes halogenated alkanes) is 2. The minimum Gasteiger partial charge on any atom is -0.0654 e. The van der Waals surface area contributed by atoms with Crippen molar-refractivity contribution in [2.45, 2.75) is 98.8 Å². The van der Waals surface area contributed by atoms with Gasteiger partial charge in [-0.1, -0.05) is 97.3 Å². The van der Waals surface area contributed by atoms with E-state index in [1.54, 1.807) is 11.1 Å². The minimum atomic E-state index is 0.866. The van der Waals surface area contributed by atoms with Crippen LogP contribution in [0.25, 0.3) is 0 Å². The number of aryl methyl sites for hydroxylation is 1. The lowest BCUT2D eigenvalue weighted by Crippen LogP contribution is -2.11. The molecular weight excluding hydrogens is 276 g/mol. The fourth-order valence-corrected chi connectivity index (χ4v) is 3.73. The molecule has 0 spiro atoms. The fraction of sp³-hybridized carbons (Fsp3) is 0.739. The Balaban J connectivity index is 2.85. The summed E-state index contributed by atoms with van der Waals surface area (Å²) in [5, 5.41) is 0. The molecule has 23 heavy (non-hydrogen) atoms. The predicted octanol–water partition coefficient (Wildman–Crippen LogP) is 7.51. The van der Waals surface area contributed by atoms with Gasteiger partial charge in [0.05, 0.1) is 0 Å². The van der Waals surface area contributed by atoms with Crippen LogP contribution in [0.4, 0.5) is 0 Å². The minimum absolute atomic E-state index is 0.866. The summed E-state index contributed by atoms with van der Waals surface area (Å²) in [6.45, 7) is 11.7. The Hall–Kier alpha value is -0.780. The average Bonchev–Trinajstić information content (AvgIpc) is 2.57. The van der Waals surface area contributed by atoms with Crippen LogP contribution in [-0.4, -0.2) is 0 Å². The second-order valence-corrected chi connectivity index (χ2v) is 7.45. The summed E-state index contributed by atoms with van der Waals surface area (Å²) in [7, 11) is 0. The lowest BCUT2D eigenvalue weighted by molar-refractivity contribution is 0.433. The molecule has 1 rings (SSSR count). The summed E-state index contributed by atoms with van der Waals surface area (Å²) in [6, 6.07) is 7.00. The van der Waals surface area contributed by atoms with Gasteiger partial charge >= 0.3 is 0 Å². The maximum atomic E-state index is 2.41. The van der Waals surface area contributed by atoms with Gasteiger partial charge in [0.1, 0.15) is 0 Å². The summed E-state index contributed by atoms with van der Waals surface area (Å²) in [5.41, 5.74) is 4.83. The topological polar surface area (TPSA) is 0 Å². The van der Waals surface area contributed by atoms with E-state index in [9.17, 15) is 0 Å². The van der Waals surface area contributed by atoms with E-state index in [0.29, 0.717) is 0 Å². The van der Waals surface area contributed by atoms with E-state index in [0.717, 1.165) is 11.8 Å². The van der Waals surface area contributed by atoms with Crippen molar-refractivity contribution in [1.29, 1.82) is 0 Å². The molecule has 0 nitrogen and oxygen atoms in total. The van der Waals surface area contributed by atoms with Gasteiger partial charge in [-0.05, 0) is 48.3 Å². The second kappa shape index (κ2) is 11.7. The molecule has 2 atom stereocenters. The zero-order valence-corrected chi connectivity index (χ0v) is 16.5. The first kappa shape index (κ1) is 20.3. The van der Waals surface area contributed by atoms with Crippen molar-refractivity contribution in [3.8, 4) is 0 Å². The number of benzene rings is 1. The van der Waals surface area contributed by atoms with Gasteiger partial charge in [-0.3, -0.25) is 0 Å². The van der Waals surface area contributed by atoms with E-state index in [1.807, 2.05) is 0 Å². The van der Waals surface area contributed by atoms with Crippen LogP contribution in [0.1, 0.15) is 95.8 Å². The van der Waals surface area contributed by atoms with Crippen molar-refractivity contribution in [3.05, 3.63) is 34.9 Å². The van der Waals surface area contributed by atoms with Crippen LogP contribution < -0.4 is 0 Å². The smallest absolute Gasteiger partial charge is 0.0245 e. The summed E-state index contributed by atoms with van der Waals surface area (Å²) in [5.74, 6) is 1.73. The summed E-state index contributed by atoms with van der Waals surface area (Å²) < 4.78 is 0. The van der Waals surface area contributed by atoms with Crippen molar-refractivity contribution in [2.24, 2.45) is 11.8 Å². The molecule has 0 bridgehead atoms. The van der Waals surface area contributed by atoms with E-state index < -0.39 is 0 Å². The van der Waals surface area contributed by atoms with Crippen molar-refractivity contribution in [1.82, 2.24) is 0 Å². The Morgan fingerprint density at radius 3 is 1.87 bits per heavy atom. The molecule has 1 aromatic carbocycles. The van der Waals surface area contributed by atoms with Crippen LogP contribution >= 0.6 is 0 Å². The molecule has 0 aliphatic heterocycles. The number of hydrogen-bond donors (Lipinski definition) is 0. The standard InChI is InChI=1S/C23H40/c1-6-10-14-20(8-3)17-22-16-12-13-19(5)23(22)18-21(9-4)15-11-7-2/h12-13,16,20-21H,6-11,14-15,17-18H2,1-5H3. The molecule has 0 aliphatic rings. The molecule has 0 heteroatoms. The first-order valence-corrected chi connectivity index (χ1v) is 10.2. The first-order valence-electron chi connectivity index (χ1n) is 10.2. The zero-order chi connectivity index (χ0) is 17.1. The Morgan fingerprint density at radius 2 is 1.35 bits per heavy atom.